The summed E-state index contributed by atoms with van der Waals surface area (Å²) in [6, 6.07) is 17.7. The van der Waals surface area contributed by atoms with Crippen LogP contribution in [0, 0.1) is 5.82 Å². The van der Waals surface area contributed by atoms with Crippen molar-refractivity contribution in [3.8, 4) is 11.1 Å². The smallest absolute Gasteiger partial charge is 0.338 e. The molecule has 0 saturated carbocycles. The average molecular weight is 440 g/mol. The van der Waals surface area contributed by atoms with Crippen molar-refractivity contribution in [3.05, 3.63) is 93.8 Å². The van der Waals surface area contributed by atoms with Gasteiger partial charge in [0.05, 0.1) is 11.7 Å². The first-order valence-corrected chi connectivity index (χ1v) is 10.6. The summed E-state index contributed by atoms with van der Waals surface area (Å²) in [7, 11) is 0. The molecule has 31 heavy (non-hydrogen) atoms. The molecule has 3 aromatic rings. The Hall–Kier alpha value is -2.73. The van der Waals surface area contributed by atoms with E-state index in [1.54, 1.807) is 18.2 Å². The number of carbonyl (C=O) groups is 1. The van der Waals surface area contributed by atoms with E-state index in [2.05, 4.69) is 11.4 Å². The van der Waals surface area contributed by atoms with E-state index in [-0.39, 0.29) is 11.6 Å². The molecule has 0 aromatic heterocycles. The molecule has 3 N–H and O–H groups in total. The molecule has 0 aliphatic heterocycles. The van der Waals surface area contributed by atoms with Gasteiger partial charge >= 0.3 is 5.97 Å². The minimum absolute atomic E-state index is 0.225. The van der Waals surface area contributed by atoms with Crippen molar-refractivity contribution in [1.82, 2.24) is 5.32 Å². The quantitative estimate of drug-likeness (QED) is 0.504. The number of hydrogen-bond donors (Lipinski definition) is 3. The molecule has 160 valence electrons. The highest BCUT2D eigenvalue weighted by molar-refractivity contribution is 6.30. The molecule has 0 saturated heterocycles. The Kier molecular flexibility index (Phi) is 6.37. The molecule has 0 spiro atoms. The van der Waals surface area contributed by atoms with Crippen LogP contribution in [-0.4, -0.2) is 28.8 Å². The standard InChI is InChI=1S/C25H23ClFNO3/c26-20-3-1-2-18(11-20)24(29)14-28-21-8-6-15-4-5-16(10-19(15)12-21)17-7-9-22(25(30)31)23(27)13-17/h1-5,7,9-11,13,21,24,28-29H,6,8,12,14H2,(H,30,31)/t21-,24-/m0/s1. The number of aryl methyl sites for hydroxylation is 1. The van der Waals surface area contributed by atoms with Crippen LogP contribution in [0.2, 0.25) is 5.02 Å². The summed E-state index contributed by atoms with van der Waals surface area (Å²) in [6.07, 6.45) is 2.06. The highest BCUT2D eigenvalue weighted by Crippen LogP contribution is 2.29. The van der Waals surface area contributed by atoms with Gasteiger partial charge in [0.15, 0.2) is 0 Å². The number of halogens is 2. The van der Waals surface area contributed by atoms with Crippen LogP contribution in [-0.2, 0) is 12.8 Å². The second-order valence-corrected chi connectivity index (χ2v) is 8.34. The molecule has 4 nitrogen and oxygen atoms in total. The fourth-order valence-corrected chi connectivity index (χ4v) is 4.29. The number of aliphatic hydroxyl groups excluding tert-OH is 1. The van der Waals surface area contributed by atoms with E-state index in [0.717, 1.165) is 30.4 Å². The van der Waals surface area contributed by atoms with E-state index in [1.165, 1.54) is 23.3 Å². The van der Waals surface area contributed by atoms with Gasteiger partial charge in [-0.2, -0.15) is 0 Å². The molecule has 0 heterocycles. The summed E-state index contributed by atoms with van der Waals surface area (Å²) in [5.41, 5.74) is 4.40. The lowest BCUT2D eigenvalue weighted by molar-refractivity contribution is 0.0692. The van der Waals surface area contributed by atoms with Crippen LogP contribution in [0.15, 0.2) is 60.7 Å². The maximum atomic E-state index is 14.1. The minimum Gasteiger partial charge on any atom is -0.478 e. The van der Waals surface area contributed by atoms with E-state index in [0.29, 0.717) is 17.1 Å². The van der Waals surface area contributed by atoms with Gasteiger partial charge in [-0.1, -0.05) is 48.0 Å². The van der Waals surface area contributed by atoms with Crippen LogP contribution >= 0.6 is 11.6 Å². The molecule has 0 fully saturated rings. The van der Waals surface area contributed by atoms with Crippen molar-refractivity contribution in [2.24, 2.45) is 0 Å². The monoisotopic (exact) mass is 439 g/mol. The van der Waals surface area contributed by atoms with E-state index < -0.39 is 17.9 Å². The van der Waals surface area contributed by atoms with E-state index in [4.69, 9.17) is 16.7 Å². The van der Waals surface area contributed by atoms with Crippen molar-refractivity contribution in [2.75, 3.05) is 6.54 Å². The Morgan fingerprint density at radius 1 is 1.10 bits per heavy atom. The van der Waals surface area contributed by atoms with Crippen LogP contribution in [0.3, 0.4) is 0 Å². The summed E-state index contributed by atoms with van der Waals surface area (Å²) in [5, 5.41) is 23.5. The average Bonchev–Trinajstić information content (AvgIpc) is 2.76. The number of fused-ring (bicyclic) bond motifs is 1. The molecule has 2 atom stereocenters. The zero-order valence-corrected chi connectivity index (χ0v) is 17.6. The number of hydrogen-bond acceptors (Lipinski definition) is 3. The first-order valence-electron chi connectivity index (χ1n) is 10.2. The molecular formula is C25H23ClFNO3. The second kappa shape index (κ2) is 9.18. The van der Waals surface area contributed by atoms with Crippen molar-refractivity contribution >= 4 is 17.6 Å². The van der Waals surface area contributed by atoms with Gasteiger partial charge < -0.3 is 15.5 Å². The number of carboxylic acid groups (broad SMARTS) is 1. The second-order valence-electron chi connectivity index (χ2n) is 7.90. The maximum Gasteiger partial charge on any atom is 0.338 e. The number of carboxylic acids is 1. The molecular weight excluding hydrogens is 417 g/mol. The molecule has 1 aliphatic carbocycles. The largest absolute Gasteiger partial charge is 0.478 e. The number of benzene rings is 3. The molecule has 0 bridgehead atoms. The van der Waals surface area contributed by atoms with E-state index in [1.807, 2.05) is 24.3 Å². The topological polar surface area (TPSA) is 69.6 Å². The molecule has 0 radical (unpaired) electrons. The zero-order chi connectivity index (χ0) is 22.0. The van der Waals surface area contributed by atoms with Gasteiger partial charge in [-0.15, -0.1) is 0 Å². The molecule has 0 unspecified atom stereocenters. The van der Waals surface area contributed by atoms with Gasteiger partial charge in [-0.05, 0) is 71.3 Å². The van der Waals surface area contributed by atoms with E-state index >= 15 is 0 Å². The molecule has 3 aromatic carbocycles. The maximum absolute atomic E-state index is 14.1. The summed E-state index contributed by atoms with van der Waals surface area (Å²) >= 11 is 6.01. The first-order chi connectivity index (χ1) is 14.9. The highest BCUT2D eigenvalue weighted by atomic mass is 35.5. The number of nitrogens with one attached hydrogen (secondary N) is 1. The number of rotatable bonds is 6. The van der Waals surface area contributed by atoms with Gasteiger partial charge in [-0.25, -0.2) is 9.18 Å². The Balaban J connectivity index is 1.45. The van der Waals surface area contributed by atoms with Gasteiger partial charge in [0.25, 0.3) is 0 Å². The first kappa shape index (κ1) is 21.5. The fraction of sp³-hybridized carbons (Fsp3) is 0.240. The van der Waals surface area contributed by atoms with Crippen LogP contribution in [0.5, 0.6) is 0 Å². The Bertz CT molecular complexity index is 1120. The van der Waals surface area contributed by atoms with E-state index in [9.17, 15) is 14.3 Å². The van der Waals surface area contributed by atoms with Crippen LogP contribution in [0.25, 0.3) is 11.1 Å². The fourth-order valence-electron chi connectivity index (χ4n) is 4.09. The lowest BCUT2D eigenvalue weighted by atomic mass is 9.86. The summed E-state index contributed by atoms with van der Waals surface area (Å²) in [6.45, 7) is 0.432. The number of aromatic carboxylic acids is 1. The summed E-state index contributed by atoms with van der Waals surface area (Å²) in [5.74, 6) is -2.01. The predicted molar refractivity (Wildman–Crippen MR) is 119 cm³/mol. The van der Waals surface area contributed by atoms with Gasteiger partial charge in [0.1, 0.15) is 5.82 Å². The number of aliphatic hydroxyl groups is 1. The zero-order valence-electron chi connectivity index (χ0n) is 16.8. The molecule has 0 amide bonds. The van der Waals surface area contributed by atoms with Gasteiger partial charge in [0.2, 0.25) is 0 Å². The Labute approximate surface area is 185 Å². The normalized spacial score (nSPS) is 16.5. The summed E-state index contributed by atoms with van der Waals surface area (Å²) < 4.78 is 14.1. The highest BCUT2D eigenvalue weighted by Gasteiger charge is 2.20. The Morgan fingerprint density at radius 3 is 2.61 bits per heavy atom. The Morgan fingerprint density at radius 2 is 1.87 bits per heavy atom. The van der Waals surface area contributed by atoms with Crippen LogP contribution < -0.4 is 5.32 Å². The lowest BCUT2D eigenvalue weighted by Gasteiger charge is -2.27. The van der Waals surface area contributed by atoms with Crippen LogP contribution in [0.1, 0.15) is 39.6 Å². The van der Waals surface area contributed by atoms with Crippen molar-refractivity contribution < 1.29 is 19.4 Å². The molecule has 4 rings (SSSR count). The van der Waals surface area contributed by atoms with Crippen molar-refractivity contribution in [1.29, 1.82) is 0 Å². The SMILES string of the molecule is O=C(O)c1ccc(-c2ccc3c(c2)C[C@@H](NC[C@H](O)c2cccc(Cl)c2)CC3)cc1F. The van der Waals surface area contributed by atoms with Gasteiger partial charge in [0, 0.05) is 17.6 Å². The molecule has 6 heteroatoms. The van der Waals surface area contributed by atoms with Crippen molar-refractivity contribution in [2.45, 2.75) is 31.4 Å². The third-order valence-electron chi connectivity index (χ3n) is 5.80. The third kappa shape index (κ3) is 4.96. The predicted octanol–water partition coefficient (Wildman–Crippen LogP) is 5.02. The van der Waals surface area contributed by atoms with Crippen LogP contribution in [0.4, 0.5) is 4.39 Å². The minimum atomic E-state index is -1.27. The third-order valence-corrected chi connectivity index (χ3v) is 6.04. The van der Waals surface area contributed by atoms with Gasteiger partial charge in [-0.3, -0.25) is 0 Å². The molecule has 1 aliphatic rings. The summed E-state index contributed by atoms with van der Waals surface area (Å²) in [4.78, 5) is 11.0. The lowest BCUT2D eigenvalue weighted by Crippen LogP contribution is -2.37. The van der Waals surface area contributed by atoms with Crippen molar-refractivity contribution in [3.63, 3.8) is 0 Å².